The molecule has 0 bridgehead atoms. The zero-order valence-electron chi connectivity index (χ0n) is 10.5. The lowest BCUT2D eigenvalue weighted by atomic mass is 9.93. The maximum Gasteiger partial charge on any atom is 0.0408 e. The molecule has 3 heteroatoms. The van der Waals surface area contributed by atoms with Gasteiger partial charge in [-0.2, -0.15) is 11.3 Å². The Kier molecular flexibility index (Phi) is 5.24. The van der Waals surface area contributed by atoms with Gasteiger partial charge in [0, 0.05) is 5.02 Å². The van der Waals surface area contributed by atoms with Crippen LogP contribution in [0.3, 0.4) is 0 Å². The summed E-state index contributed by atoms with van der Waals surface area (Å²) in [5.74, 6) is 0.614. The van der Waals surface area contributed by atoms with Gasteiger partial charge in [-0.15, -0.1) is 0 Å². The highest BCUT2D eigenvalue weighted by Crippen LogP contribution is 2.18. The summed E-state index contributed by atoms with van der Waals surface area (Å²) in [4.78, 5) is 0. The molecule has 96 valence electrons. The second-order valence-corrected chi connectivity index (χ2v) is 5.81. The van der Waals surface area contributed by atoms with E-state index in [4.69, 9.17) is 11.6 Å². The van der Waals surface area contributed by atoms with Crippen LogP contribution in [0.4, 0.5) is 0 Å². The first-order valence-corrected chi connectivity index (χ1v) is 7.50. The number of halogens is 1. The van der Waals surface area contributed by atoms with Crippen LogP contribution in [0.2, 0.25) is 5.02 Å². The summed E-state index contributed by atoms with van der Waals surface area (Å²) in [6.45, 7) is 1.03. The first kappa shape index (κ1) is 13.6. The summed E-state index contributed by atoms with van der Waals surface area (Å²) in [6, 6.07) is 10.4. The third-order valence-corrected chi connectivity index (χ3v) is 3.98. The molecule has 0 saturated heterocycles. The number of rotatable bonds is 6. The Morgan fingerprint density at radius 3 is 2.72 bits per heavy atom. The van der Waals surface area contributed by atoms with E-state index in [2.05, 4.69) is 34.3 Å². The van der Waals surface area contributed by atoms with Gasteiger partial charge in [-0.25, -0.2) is 0 Å². The van der Waals surface area contributed by atoms with Crippen molar-refractivity contribution in [2.24, 2.45) is 5.92 Å². The molecule has 18 heavy (non-hydrogen) atoms. The molecule has 1 nitrogen and oxygen atoms in total. The molecule has 1 atom stereocenters. The summed E-state index contributed by atoms with van der Waals surface area (Å²) in [7, 11) is 2.01. The molecule has 1 N–H and O–H groups in total. The minimum absolute atomic E-state index is 0.614. The zero-order valence-corrected chi connectivity index (χ0v) is 12.1. The van der Waals surface area contributed by atoms with Crippen molar-refractivity contribution in [2.45, 2.75) is 12.8 Å². The minimum atomic E-state index is 0.614. The smallest absolute Gasteiger partial charge is 0.0408 e. The van der Waals surface area contributed by atoms with Gasteiger partial charge in [-0.1, -0.05) is 23.7 Å². The van der Waals surface area contributed by atoms with Crippen LogP contribution < -0.4 is 5.32 Å². The van der Waals surface area contributed by atoms with E-state index in [9.17, 15) is 0 Å². The van der Waals surface area contributed by atoms with Gasteiger partial charge in [0.05, 0.1) is 0 Å². The molecule has 0 aliphatic carbocycles. The Morgan fingerprint density at radius 2 is 2.06 bits per heavy atom. The van der Waals surface area contributed by atoms with Crippen molar-refractivity contribution in [2.75, 3.05) is 13.6 Å². The van der Waals surface area contributed by atoms with Crippen LogP contribution in [0.5, 0.6) is 0 Å². The molecule has 2 rings (SSSR count). The van der Waals surface area contributed by atoms with E-state index in [1.54, 1.807) is 11.3 Å². The lowest BCUT2D eigenvalue weighted by molar-refractivity contribution is 0.494. The Hall–Kier alpha value is -0.830. The van der Waals surface area contributed by atoms with E-state index in [0.717, 1.165) is 24.4 Å². The van der Waals surface area contributed by atoms with E-state index in [1.807, 2.05) is 19.2 Å². The SMILES string of the molecule is CNCC(Cc1ccsc1)Cc1cccc(Cl)c1. The first-order chi connectivity index (χ1) is 8.78. The summed E-state index contributed by atoms with van der Waals surface area (Å²) in [5, 5.41) is 8.49. The average Bonchev–Trinajstić information content (AvgIpc) is 2.82. The molecule has 0 spiro atoms. The van der Waals surface area contributed by atoms with Gasteiger partial charge >= 0.3 is 0 Å². The summed E-state index contributed by atoms with van der Waals surface area (Å²) in [6.07, 6.45) is 2.19. The summed E-state index contributed by atoms with van der Waals surface area (Å²) < 4.78 is 0. The van der Waals surface area contributed by atoms with Crippen LogP contribution in [-0.4, -0.2) is 13.6 Å². The largest absolute Gasteiger partial charge is 0.319 e. The molecule has 2 aromatic rings. The Bertz CT molecular complexity index is 467. The number of nitrogens with one attached hydrogen (secondary N) is 1. The van der Waals surface area contributed by atoms with Crippen LogP contribution in [0.1, 0.15) is 11.1 Å². The van der Waals surface area contributed by atoms with E-state index < -0.39 is 0 Å². The molecular weight excluding hydrogens is 262 g/mol. The molecule has 1 heterocycles. The Labute approximate surface area is 118 Å². The van der Waals surface area contributed by atoms with E-state index in [1.165, 1.54) is 11.1 Å². The molecule has 1 aromatic heterocycles. The van der Waals surface area contributed by atoms with Crippen molar-refractivity contribution in [3.8, 4) is 0 Å². The van der Waals surface area contributed by atoms with E-state index >= 15 is 0 Å². The third-order valence-electron chi connectivity index (χ3n) is 3.01. The zero-order chi connectivity index (χ0) is 12.8. The molecule has 1 aromatic carbocycles. The highest BCUT2D eigenvalue weighted by atomic mass is 35.5. The fourth-order valence-corrected chi connectivity index (χ4v) is 3.14. The van der Waals surface area contributed by atoms with Crippen molar-refractivity contribution in [1.82, 2.24) is 5.32 Å². The van der Waals surface area contributed by atoms with Crippen molar-refractivity contribution in [3.05, 3.63) is 57.2 Å². The minimum Gasteiger partial charge on any atom is -0.319 e. The Morgan fingerprint density at radius 1 is 1.22 bits per heavy atom. The topological polar surface area (TPSA) is 12.0 Å². The molecule has 0 amide bonds. The van der Waals surface area contributed by atoms with Crippen molar-refractivity contribution in [1.29, 1.82) is 0 Å². The fourth-order valence-electron chi connectivity index (χ4n) is 2.24. The van der Waals surface area contributed by atoms with Gasteiger partial charge in [-0.05, 0) is 72.4 Å². The van der Waals surface area contributed by atoms with Crippen LogP contribution in [-0.2, 0) is 12.8 Å². The van der Waals surface area contributed by atoms with Gasteiger partial charge in [0.1, 0.15) is 0 Å². The third kappa shape index (κ3) is 4.13. The predicted molar refractivity (Wildman–Crippen MR) is 80.6 cm³/mol. The monoisotopic (exact) mass is 279 g/mol. The molecule has 0 aliphatic heterocycles. The second-order valence-electron chi connectivity index (χ2n) is 4.59. The average molecular weight is 280 g/mol. The van der Waals surface area contributed by atoms with Crippen LogP contribution in [0.25, 0.3) is 0 Å². The number of hydrogen-bond acceptors (Lipinski definition) is 2. The van der Waals surface area contributed by atoms with Gasteiger partial charge in [-0.3, -0.25) is 0 Å². The lowest BCUT2D eigenvalue weighted by Crippen LogP contribution is -2.22. The van der Waals surface area contributed by atoms with Crippen LogP contribution >= 0.6 is 22.9 Å². The molecule has 0 aliphatic rings. The second kappa shape index (κ2) is 6.93. The van der Waals surface area contributed by atoms with Crippen LogP contribution in [0, 0.1) is 5.92 Å². The van der Waals surface area contributed by atoms with Crippen molar-refractivity contribution >= 4 is 22.9 Å². The van der Waals surface area contributed by atoms with E-state index in [-0.39, 0.29) is 0 Å². The van der Waals surface area contributed by atoms with Crippen LogP contribution in [0.15, 0.2) is 41.1 Å². The summed E-state index contributed by atoms with van der Waals surface area (Å²) >= 11 is 7.80. The molecule has 0 radical (unpaired) electrons. The van der Waals surface area contributed by atoms with Gasteiger partial charge in [0.25, 0.3) is 0 Å². The maximum atomic E-state index is 6.03. The lowest BCUT2D eigenvalue weighted by Gasteiger charge is -2.16. The van der Waals surface area contributed by atoms with Crippen molar-refractivity contribution < 1.29 is 0 Å². The standard InChI is InChI=1S/C15H18ClNS/c1-17-10-14(8-13-5-6-18-11-13)7-12-3-2-4-15(16)9-12/h2-6,9,11,14,17H,7-8,10H2,1H3. The summed E-state index contributed by atoms with van der Waals surface area (Å²) in [5.41, 5.74) is 2.75. The van der Waals surface area contributed by atoms with Gasteiger partial charge in [0.2, 0.25) is 0 Å². The molecular formula is C15H18ClNS. The highest BCUT2D eigenvalue weighted by Gasteiger charge is 2.10. The van der Waals surface area contributed by atoms with Gasteiger partial charge in [0.15, 0.2) is 0 Å². The number of hydrogen-bond donors (Lipinski definition) is 1. The molecule has 0 saturated carbocycles. The first-order valence-electron chi connectivity index (χ1n) is 6.18. The predicted octanol–water partition coefficient (Wildman–Crippen LogP) is 4.02. The van der Waals surface area contributed by atoms with Crippen molar-refractivity contribution in [3.63, 3.8) is 0 Å². The molecule has 1 unspecified atom stereocenters. The van der Waals surface area contributed by atoms with Gasteiger partial charge < -0.3 is 5.32 Å². The normalized spacial score (nSPS) is 12.6. The fraction of sp³-hybridized carbons (Fsp3) is 0.333. The quantitative estimate of drug-likeness (QED) is 0.842. The highest BCUT2D eigenvalue weighted by molar-refractivity contribution is 7.07. The Balaban J connectivity index is 2.01. The number of thiophene rings is 1. The molecule has 0 fully saturated rings. The van der Waals surface area contributed by atoms with E-state index in [0.29, 0.717) is 5.92 Å². The number of benzene rings is 1. The maximum absolute atomic E-state index is 6.03.